The van der Waals surface area contributed by atoms with E-state index < -0.39 is 17.0 Å². The van der Waals surface area contributed by atoms with Gasteiger partial charge in [-0.15, -0.1) is 0 Å². The standard InChI is InChI=1S/C22H20N4O4/c1-3-13-5-7-14(8-6-13)16-12-19(30-25-16)24-20(27)15-9-10-18-17(11-15)23-21(28)22(29)26(18)4-2/h5-12H,3-4H2,1-2H3,(H,23,28)(H,24,27). The SMILES string of the molecule is CCc1ccc(-c2cc(NC(=O)c3ccc4c(c3)[nH]c(=O)c(=O)n4CC)on2)cc1. The van der Waals surface area contributed by atoms with Crippen molar-refractivity contribution in [2.45, 2.75) is 26.8 Å². The van der Waals surface area contributed by atoms with Gasteiger partial charge in [0.15, 0.2) is 0 Å². The summed E-state index contributed by atoms with van der Waals surface area (Å²) in [5, 5.41) is 6.67. The van der Waals surface area contributed by atoms with Gasteiger partial charge in [0.25, 0.3) is 5.91 Å². The van der Waals surface area contributed by atoms with Crippen molar-refractivity contribution in [2.75, 3.05) is 5.32 Å². The lowest BCUT2D eigenvalue weighted by atomic mass is 10.1. The lowest BCUT2D eigenvalue weighted by molar-refractivity contribution is 0.102. The first-order chi connectivity index (χ1) is 14.5. The quantitative estimate of drug-likeness (QED) is 0.497. The highest BCUT2D eigenvalue weighted by atomic mass is 16.5. The Balaban J connectivity index is 1.59. The van der Waals surface area contributed by atoms with Gasteiger partial charge in [0.05, 0.1) is 11.0 Å². The topological polar surface area (TPSA) is 110 Å². The van der Waals surface area contributed by atoms with Crippen LogP contribution >= 0.6 is 0 Å². The average Bonchev–Trinajstić information content (AvgIpc) is 3.23. The van der Waals surface area contributed by atoms with Gasteiger partial charge < -0.3 is 14.1 Å². The van der Waals surface area contributed by atoms with E-state index in [1.165, 1.54) is 16.2 Å². The molecule has 2 aromatic heterocycles. The molecule has 0 bridgehead atoms. The smallest absolute Gasteiger partial charge is 0.316 e. The number of rotatable bonds is 5. The number of benzene rings is 2. The van der Waals surface area contributed by atoms with Crippen LogP contribution in [0.1, 0.15) is 29.8 Å². The Kier molecular flexibility index (Phi) is 5.05. The van der Waals surface area contributed by atoms with E-state index in [0.29, 0.717) is 28.8 Å². The van der Waals surface area contributed by atoms with Crippen LogP contribution < -0.4 is 16.4 Å². The first-order valence-electron chi connectivity index (χ1n) is 9.64. The van der Waals surface area contributed by atoms with Crippen molar-refractivity contribution in [3.8, 4) is 11.3 Å². The van der Waals surface area contributed by atoms with E-state index in [-0.39, 0.29) is 5.88 Å². The zero-order chi connectivity index (χ0) is 21.3. The van der Waals surface area contributed by atoms with Gasteiger partial charge in [0.1, 0.15) is 5.69 Å². The molecule has 2 heterocycles. The van der Waals surface area contributed by atoms with Crippen molar-refractivity contribution >= 4 is 22.8 Å². The molecule has 0 spiro atoms. The molecule has 0 aliphatic heterocycles. The Morgan fingerprint density at radius 1 is 1.10 bits per heavy atom. The Morgan fingerprint density at radius 3 is 2.57 bits per heavy atom. The number of H-pyrrole nitrogens is 1. The van der Waals surface area contributed by atoms with Crippen LogP contribution in [0.25, 0.3) is 22.3 Å². The number of hydrogen-bond acceptors (Lipinski definition) is 5. The predicted octanol–water partition coefficient (Wildman–Crippen LogP) is 3.18. The van der Waals surface area contributed by atoms with Gasteiger partial charge in [-0.3, -0.25) is 19.7 Å². The van der Waals surface area contributed by atoms with Crippen LogP contribution in [0.15, 0.2) is 62.6 Å². The number of carbonyl (C=O) groups excluding carboxylic acids is 1. The molecule has 0 saturated heterocycles. The Bertz CT molecular complexity index is 1350. The number of aromatic nitrogens is 3. The van der Waals surface area contributed by atoms with Crippen molar-refractivity contribution in [3.63, 3.8) is 0 Å². The fourth-order valence-corrected chi connectivity index (χ4v) is 3.30. The van der Waals surface area contributed by atoms with Crippen LogP contribution in [0.4, 0.5) is 5.88 Å². The minimum Gasteiger partial charge on any atom is -0.338 e. The fraction of sp³-hybridized carbons (Fsp3) is 0.182. The molecule has 4 aromatic rings. The average molecular weight is 404 g/mol. The molecule has 2 N–H and O–H groups in total. The largest absolute Gasteiger partial charge is 0.338 e. The summed E-state index contributed by atoms with van der Waals surface area (Å²) in [6.07, 6.45) is 0.950. The Morgan fingerprint density at radius 2 is 1.87 bits per heavy atom. The molecule has 0 fully saturated rings. The summed E-state index contributed by atoms with van der Waals surface area (Å²) in [4.78, 5) is 39.0. The Hall–Kier alpha value is -3.94. The number of anilines is 1. The summed E-state index contributed by atoms with van der Waals surface area (Å²) in [6, 6.07) is 14.3. The first kappa shape index (κ1) is 19.4. The van der Waals surface area contributed by atoms with Gasteiger partial charge >= 0.3 is 11.1 Å². The van der Waals surface area contributed by atoms with E-state index in [1.807, 2.05) is 24.3 Å². The molecule has 0 unspecified atom stereocenters. The number of nitrogens with zero attached hydrogens (tertiary/aromatic N) is 2. The highest BCUT2D eigenvalue weighted by molar-refractivity contribution is 6.05. The zero-order valence-corrected chi connectivity index (χ0v) is 16.6. The summed E-state index contributed by atoms with van der Waals surface area (Å²) in [5.41, 5.74) is 2.64. The lowest BCUT2D eigenvalue weighted by Crippen LogP contribution is -2.36. The molecule has 2 aromatic carbocycles. The van der Waals surface area contributed by atoms with Gasteiger partial charge in [0, 0.05) is 23.7 Å². The molecule has 8 heteroatoms. The van der Waals surface area contributed by atoms with Crippen molar-refractivity contribution in [2.24, 2.45) is 0 Å². The first-order valence-corrected chi connectivity index (χ1v) is 9.64. The van der Waals surface area contributed by atoms with Crippen molar-refractivity contribution in [1.29, 1.82) is 0 Å². The monoisotopic (exact) mass is 404 g/mol. The minimum absolute atomic E-state index is 0.210. The van der Waals surface area contributed by atoms with Crippen molar-refractivity contribution in [3.05, 3.63) is 80.4 Å². The second-order valence-corrected chi connectivity index (χ2v) is 6.82. The summed E-state index contributed by atoms with van der Waals surface area (Å²) >= 11 is 0. The third kappa shape index (κ3) is 3.55. The number of aromatic amines is 1. The van der Waals surface area contributed by atoms with E-state index in [4.69, 9.17) is 4.52 Å². The summed E-state index contributed by atoms with van der Waals surface area (Å²) in [7, 11) is 0. The van der Waals surface area contributed by atoms with Gasteiger partial charge in [-0.1, -0.05) is 36.3 Å². The highest BCUT2D eigenvalue weighted by Crippen LogP contribution is 2.23. The second-order valence-electron chi connectivity index (χ2n) is 6.82. The van der Waals surface area contributed by atoms with E-state index in [0.717, 1.165) is 12.0 Å². The van der Waals surface area contributed by atoms with Crippen LogP contribution in [0.2, 0.25) is 0 Å². The van der Waals surface area contributed by atoms with E-state index in [2.05, 4.69) is 22.4 Å². The van der Waals surface area contributed by atoms with Crippen LogP contribution in [0.3, 0.4) is 0 Å². The second kappa shape index (κ2) is 7.82. The lowest BCUT2D eigenvalue weighted by Gasteiger charge is -2.08. The van der Waals surface area contributed by atoms with Crippen molar-refractivity contribution in [1.82, 2.24) is 14.7 Å². The van der Waals surface area contributed by atoms with Crippen LogP contribution in [-0.2, 0) is 13.0 Å². The maximum absolute atomic E-state index is 12.6. The normalized spacial score (nSPS) is 11.0. The zero-order valence-electron chi connectivity index (χ0n) is 16.6. The third-order valence-corrected chi connectivity index (χ3v) is 4.96. The molecule has 4 rings (SSSR count). The molecular formula is C22H20N4O4. The number of nitrogens with one attached hydrogen (secondary N) is 2. The fourth-order valence-electron chi connectivity index (χ4n) is 3.30. The number of hydrogen-bond donors (Lipinski definition) is 2. The van der Waals surface area contributed by atoms with E-state index in [1.54, 1.807) is 25.1 Å². The third-order valence-electron chi connectivity index (χ3n) is 4.96. The molecule has 30 heavy (non-hydrogen) atoms. The molecular weight excluding hydrogens is 384 g/mol. The van der Waals surface area contributed by atoms with Gasteiger partial charge in [-0.05, 0) is 37.1 Å². The molecule has 0 aliphatic carbocycles. The summed E-state index contributed by atoms with van der Waals surface area (Å²) in [5.74, 6) is -0.210. The number of fused-ring (bicyclic) bond motifs is 1. The van der Waals surface area contributed by atoms with Crippen LogP contribution in [0.5, 0.6) is 0 Å². The maximum atomic E-state index is 12.6. The molecule has 152 valence electrons. The molecule has 0 saturated carbocycles. The number of aryl methyl sites for hydroxylation is 2. The molecule has 0 atom stereocenters. The minimum atomic E-state index is -0.726. The summed E-state index contributed by atoms with van der Waals surface area (Å²) in [6.45, 7) is 4.21. The van der Waals surface area contributed by atoms with E-state index >= 15 is 0 Å². The highest BCUT2D eigenvalue weighted by Gasteiger charge is 2.14. The predicted molar refractivity (Wildman–Crippen MR) is 114 cm³/mol. The summed E-state index contributed by atoms with van der Waals surface area (Å²) < 4.78 is 6.60. The maximum Gasteiger partial charge on any atom is 0.316 e. The Labute approximate surface area is 171 Å². The van der Waals surface area contributed by atoms with E-state index in [9.17, 15) is 14.4 Å². The number of carbonyl (C=O) groups is 1. The molecule has 0 radical (unpaired) electrons. The molecule has 1 amide bonds. The van der Waals surface area contributed by atoms with Gasteiger partial charge in [-0.2, -0.15) is 0 Å². The number of amides is 1. The molecule has 0 aliphatic rings. The van der Waals surface area contributed by atoms with Crippen molar-refractivity contribution < 1.29 is 9.32 Å². The molecule has 8 nitrogen and oxygen atoms in total. The van der Waals surface area contributed by atoms with Gasteiger partial charge in [-0.25, -0.2) is 0 Å². The van der Waals surface area contributed by atoms with Gasteiger partial charge in [0.2, 0.25) is 5.88 Å². The van der Waals surface area contributed by atoms with Crippen LogP contribution in [-0.4, -0.2) is 20.6 Å². The van der Waals surface area contributed by atoms with Crippen LogP contribution in [0, 0.1) is 0 Å².